The van der Waals surface area contributed by atoms with Gasteiger partial charge in [-0.25, -0.2) is 4.98 Å². The Balaban J connectivity index is 2.01. The average molecular weight is 342 g/mol. The molecule has 0 aliphatic heterocycles. The summed E-state index contributed by atoms with van der Waals surface area (Å²) in [5.41, 5.74) is 0. The van der Waals surface area contributed by atoms with Gasteiger partial charge in [-0.2, -0.15) is 4.98 Å². The lowest BCUT2D eigenvalue weighted by atomic mass is 9.80. The van der Waals surface area contributed by atoms with Crippen molar-refractivity contribution in [3.8, 4) is 5.88 Å². The zero-order chi connectivity index (χ0) is 14.5. The van der Waals surface area contributed by atoms with E-state index in [0.29, 0.717) is 17.7 Å². The van der Waals surface area contributed by atoms with Crippen molar-refractivity contribution in [2.24, 2.45) is 11.8 Å². The Hall–Kier alpha value is -0.840. The number of anilines is 1. The van der Waals surface area contributed by atoms with Gasteiger partial charge in [0.25, 0.3) is 0 Å². The fourth-order valence-corrected chi connectivity index (χ4v) is 2.80. The van der Waals surface area contributed by atoms with Crippen LogP contribution >= 0.6 is 15.9 Å². The van der Waals surface area contributed by atoms with Crippen molar-refractivity contribution >= 4 is 21.9 Å². The summed E-state index contributed by atoms with van der Waals surface area (Å²) in [6, 6.07) is 0. The zero-order valence-electron chi connectivity index (χ0n) is 12.5. The van der Waals surface area contributed by atoms with E-state index in [4.69, 9.17) is 4.74 Å². The number of halogens is 1. The van der Waals surface area contributed by atoms with E-state index in [2.05, 4.69) is 52.0 Å². The van der Waals surface area contributed by atoms with Gasteiger partial charge in [-0.1, -0.05) is 20.8 Å². The minimum atomic E-state index is 0.270. The van der Waals surface area contributed by atoms with E-state index in [1.54, 1.807) is 6.20 Å². The molecule has 5 heteroatoms. The summed E-state index contributed by atoms with van der Waals surface area (Å²) in [6.45, 7) is 7.63. The van der Waals surface area contributed by atoms with Crippen molar-refractivity contribution in [1.29, 1.82) is 0 Å². The highest BCUT2D eigenvalue weighted by Crippen LogP contribution is 2.33. The standard InChI is InChI=1S/C15H24BrN3O/c1-4-7-17-15-18-9-13(16)14(19-15)20-12-6-5-10(2)11(3)8-12/h9-12H,4-8H2,1-3H3,(H,17,18,19). The molecule has 0 saturated heterocycles. The van der Waals surface area contributed by atoms with Crippen LogP contribution in [0.15, 0.2) is 10.7 Å². The molecule has 112 valence electrons. The van der Waals surface area contributed by atoms with Gasteiger partial charge >= 0.3 is 0 Å². The Labute approximate surface area is 129 Å². The number of nitrogens with zero attached hydrogens (tertiary/aromatic N) is 2. The van der Waals surface area contributed by atoms with Gasteiger partial charge in [-0.3, -0.25) is 0 Å². The first-order chi connectivity index (χ1) is 9.60. The highest BCUT2D eigenvalue weighted by Gasteiger charge is 2.26. The number of hydrogen-bond donors (Lipinski definition) is 1. The molecule has 1 fully saturated rings. The molecule has 1 aliphatic rings. The molecule has 0 spiro atoms. The van der Waals surface area contributed by atoms with E-state index < -0.39 is 0 Å². The third-order valence-corrected chi connectivity index (χ3v) is 4.62. The fourth-order valence-electron chi connectivity index (χ4n) is 2.52. The lowest BCUT2D eigenvalue weighted by Crippen LogP contribution is -2.29. The molecule has 1 N–H and O–H groups in total. The Kier molecular flexibility index (Phi) is 5.64. The largest absolute Gasteiger partial charge is 0.473 e. The van der Waals surface area contributed by atoms with Gasteiger partial charge in [0.1, 0.15) is 6.10 Å². The van der Waals surface area contributed by atoms with Gasteiger partial charge in [0.05, 0.1) is 10.7 Å². The second kappa shape index (κ2) is 7.25. The number of ether oxygens (including phenoxy) is 1. The van der Waals surface area contributed by atoms with Gasteiger partial charge in [0.2, 0.25) is 11.8 Å². The summed E-state index contributed by atoms with van der Waals surface area (Å²) in [4.78, 5) is 8.70. The van der Waals surface area contributed by atoms with Crippen LogP contribution in [0, 0.1) is 11.8 Å². The summed E-state index contributed by atoms with van der Waals surface area (Å²) in [5.74, 6) is 2.81. The van der Waals surface area contributed by atoms with Crippen molar-refractivity contribution in [2.75, 3.05) is 11.9 Å². The highest BCUT2D eigenvalue weighted by molar-refractivity contribution is 9.10. The van der Waals surface area contributed by atoms with Crippen molar-refractivity contribution in [3.63, 3.8) is 0 Å². The van der Waals surface area contributed by atoms with Gasteiger partial charge in [-0.05, 0) is 53.4 Å². The summed E-state index contributed by atoms with van der Waals surface area (Å²) in [6.07, 6.45) is 6.53. The van der Waals surface area contributed by atoms with Crippen LogP contribution in [0.1, 0.15) is 46.5 Å². The predicted octanol–water partition coefficient (Wildman–Crippen LogP) is 4.26. The third kappa shape index (κ3) is 4.08. The van der Waals surface area contributed by atoms with Gasteiger partial charge < -0.3 is 10.1 Å². The molecule has 1 heterocycles. The maximum atomic E-state index is 6.09. The van der Waals surface area contributed by atoms with Gasteiger partial charge in [0, 0.05) is 6.54 Å². The summed E-state index contributed by atoms with van der Waals surface area (Å²) < 4.78 is 6.91. The molecule has 0 bridgehead atoms. The van der Waals surface area contributed by atoms with Crippen LogP contribution in [-0.2, 0) is 0 Å². The molecule has 0 amide bonds. The maximum Gasteiger partial charge on any atom is 0.233 e. The topological polar surface area (TPSA) is 47.0 Å². The third-order valence-electron chi connectivity index (χ3n) is 4.07. The minimum absolute atomic E-state index is 0.270. The molecule has 3 unspecified atom stereocenters. The monoisotopic (exact) mass is 341 g/mol. The van der Waals surface area contributed by atoms with Crippen molar-refractivity contribution < 1.29 is 4.74 Å². The normalized spacial score (nSPS) is 26.3. The molecule has 1 aromatic rings. The molecule has 4 nitrogen and oxygen atoms in total. The summed E-state index contributed by atoms with van der Waals surface area (Å²) >= 11 is 3.47. The maximum absolute atomic E-state index is 6.09. The van der Waals surface area contributed by atoms with E-state index in [1.165, 1.54) is 6.42 Å². The summed E-state index contributed by atoms with van der Waals surface area (Å²) in [5, 5.41) is 3.19. The Morgan fingerprint density at radius 2 is 2.15 bits per heavy atom. The first-order valence-corrected chi connectivity index (χ1v) is 8.32. The van der Waals surface area contributed by atoms with E-state index in [9.17, 15) is 0 Å². The van der Waals surface area contributed by atoms with Crippen molar-refractivity contribution in [1.82, 2.24) is 9.97 Å². The lowest BCUT2D eigenvalue weighted by molar-refractivity contribution is 0.0957. The number of aromatic nitrogens is 2. The quantitative estimate of drug-likeness (QED) is 0.868. The minimum Gasteiger partial charge on any atom is -0.473 e. The van der Waals surface area contributed by atoms with Crippen LogP contribution in [-0.4, -0.2) is 22.6 Å². The van der Waals surface area contributed by atoms with Crippen molar-refractivity contribution in [2.45, 2.75) is 52.6 Å². The average Bonchev–Trinajstić information content (AvgIpc) is 2.44. The highest BCUT2D eigenvalue weighted by atomic mass is 79.9. The molecule has 0 aromatic carbocycles. The molecule has 1 aliphatic carbocycles. The van der Waals surface area contributed by atoms with Crippen molar-refractivity contribution in [3.05, 3.63) is 10.7 Å². The Morgan fingerprint density at radius 3 is 2.85 bits per heavy atom. The lowest BCUT2D eigenvalue weighted by Gasteiger charge is -2.32. The first kappa shape index (κ1) is 15.5. The molecule has 1 saturated carbocycles. The number of hydrogen-bond acceptors (Lipinski definition) is 4. The van der Waals surface area contributed by atoms with Crippen LogP contribution in [0.3, 0.4) is 0 Å². The first-order valence-electron chi connectivity index (χ1n) is 7.53. The smallest absolute Gasteiger partial charge is 0.233 e. The van der Waals surface area contributed by atoms with E-state index in [-0.39, 0.29) is 6.10 Å². The van der Waals surface area contributed by atoms with Gasteiger partial charge in [0.15, 0.2) is 0 Å². The zero-order valence-corrected chi connectivity index (χ0v) is 14.1. The molecule has 3 atom stereocenters. The fraction of sp³-hybridized carbons (Fsp3) is 0.733. The van der Waals surface area contributed by atoms with E-state index >= 15 is 0 Å². The molecule has 2 rings (SSSR count). The Morgan fingerprint density at radius 1 is 1.35 bits per heavy atom. The van der Waals surface area contributed by atoms with Crippen LogP contribution in [0.4, 0.5) is 5.95 Å². The van der Waals surface area contributed by atoms with Crippen LogP contribution in [0.25, 0.3) is 0 Å². The van der Waals surface area contributed by atoms with Crippen LogP contribution < -0.4 is 10.1 Å². The van der Waals surface area contributed by atoms with E-state index in [1.807, 2.05) is 0 Å². The second-order valence-electron chi connectivity index (χ2n) is 5.78. The van der Waals surface area contributed by atoms with E-state index in [0.717, 1.165) is 36.2 Å². The number of rotatable bonds is 5. The summed E-state index contributed by atoms with van der Waals surface area (Å²) in [7, 11) is 0. The second-order valence-corrected chi connectivity index (χ2v) is 6.64. The van der Waals surface area contributed by atoms with Gasteiger partial charge in [-0.15, -0.1) is 0 Å². The van der Waals surface area contributed by atoms with Crippen LogP contribution in [0.2, 0.25) is 0 Å². The molecule has 20 heavy (non-hydrogen) atoms. The number of nitrogens with one attached hydrogen (secondary N) is 1. The van der Waals surface area contributed by atoms with Crippen LogP contribution in [0.5, 0.6) is 5.88 Å². The molecular formula is C15H24BrN3O. The molecular weight excluding hydrogens is 318 g/mol. The predicted molar refractivity (Wildman–Crippen MR) is 85.1 cm³/mol. The Bertz CT molecular complexity index is 441. The molecule has 1 aromatic heterocycles. The SMILES string of the molecule is CCCNc1ncc(Br)c(OC2CCC(C)C(C)C2)n1. The molecule has 0 radical (unpaired) electrons.